The second-order valence-corrected chi connectivity index (χ2v) is 5.03. The fourth-order valence-electron chi connectivity index (χ4n) is 2.21. The molecule has 26 heavy (non-hydrogen) atoms. The van der Waals surface area contributed by atoms with Crippen LogP contribution in [-0.2, 0) is 0 Å². The first-order valence-electron chi connectivity index (χ1n) is 7.61. The molecule has 1 aliphatic carbocycles. The molecule has 0 aromatic heterocycles. The summed E-state index contributed by atoms with van der Waals surface area (Å²) in [5.74, 6) is 1.77. The van der Waals surface area contributed by atoms with E-state index in [-0.39, 0.29) is 11.4 Å². The summed E-state index contributed by atoms with van der Waals surface area (Å²) in [7, 11) is 0. The van der Waals surface area contributed by atoms with Crippen molar-refractivity contribution in [2.45, 2.75) is 0 Å². The van der Waals surface area contributed by atoms with E-state index < -0.39 is 0 Å². The van der Waals surface area contributed by atoms with E-state index in [4.69, 9.17) is 21.3 Å². The smallest absolute Gasteiger partial charge is 0.206 e. The molecule has 0 bridgehead atoms. The number of allylic oxidation sites excluding steroid dienone is 2. The van der Waals surface area contributed by atoms with E-state index in [1.807, 2.05) is 36.4 Å². The van der Waals surface area contributed by atoms with Crippen molar-refractivity contribution in [3.63, 3.8) is 0 Å². The zero-order valence-corrected chi connectivity index (χ0v) is 13.5. The molecule has 0 unspecified atom stereocenters. The van der Waals surface area contributed by atoms with Crippen molar-refractivity contribution in [1.29, 1.82) is 5.26 Å². The highest BCUT2D eigenvalue weighted by Crippen LogP contribution is 2.22. The number of aliphatic imine (C=N–C) groups is 1. The molecule has 2 aromatic carbocycles. The van der Waals surface area contributed by atoms with Gasteiger partial charge in [-0.25, -0.2) is 0 Å². The molecule has 6 nitrogen and oxygen atoms in total. The van der Waals surface area contributed by atoms with E-state index >= 15 is 0 Å². The van der Waals surface area contributed by atoms with Gasteiger partial charge in [0.15, 0.2) is 17.2 Å². The number of para-hydroxylation sites is 2. The van der Waals surface area contributed by atoms with Crippen molar-refractivity contribution in [2.75, 3.05) is 0 Å². The molecule has 1 aliphatic rings. The van der Waals surface area contributed by atoms with Gasteiger partial charge in [0.1, 0.15) is 17.2 Å². The number of nitrogens with zero attached hydrogens (tertiary/aromatic N) is 4. The Morgan fingerprint density at radius 2 is 1.31 bits per heavy atom. The molecular weight excluding hydrogens is 328 g/mol. The van der Waals surface area contributed by atoms with Crippen LogP contribution in [0.4, 0.5) is 0 Å². The van der Waals surface area contributed by atoms with Gasteiger partial charge >= 0.3 is 0 Å². The highest BCUT2D eigenvalue weighted by Gasteiger charge is 2.23. The fourth-order valence-corrected chi connectivity index (χ4v) is 2.21. The maximum absolute atomic E-state index is 8.98. The SMILES string of the molecule is [C-]#[N+]/N=C1/C=C(Oc2ccccc2)C(=NC#N)C=C1Oc1ccccc1. The Kier molecular flexibility index (Phi) is 5.19. The van der Waals surface area contributed by atoms with Gasteiger partial charge in [-0.3, -0.25) is 0 Å². The quantitative estimate of drug-likeness (QED) is 0.364. The third kappa shape index (κ3) is 4.02. The van der Waals surface area contributed by atoms with E-state index in [0.29, 0.717) is 23.0 Å². The van der Waals surface area contributed by atoms with E-state index in [0.717, 1.165) is 0 Å². The van der Waals surface area contributed by atoms with E-state index in [9.17, 15) is 0 Å². The van der Waals surface area contributed by atoms with Gasteiger partial charge < -0.3 is 9.47 Å². The number of ether oxygens (including phenoxy) is 2. The van der Waals surface area contributed by atoms with Crippen LogP contribution in [0.5, 0.6) is 11.5 Å². The number of nitriles is 1. The highest BCUT2D eigenvalue weighted by molar-refractivity contribution is 6.22. The van der Waals surface area contributed by atoms with Crippen molar-refractivity contribution >= 4 is 11.4 Å². The zero-order chi connectivity index (χ0) is 18.2. The van der Waals surface area contributed by atoms with Crippen LogP contribution in [0.3, 0.4) is 0 Å². The first-order valence-corrected chi connectivity index (χ1v) is 7.61. The van der Waals surface area contributed by atoms with Gasteiger partial charge in [-0.15, -0.1) is 4.95 Å². The average Bonchev–Trinajstić information content (AvgIpc) is 2.67. The molecule has 0 saturated carbocycles. The van der Waals surface area contributed by atoms with Gasteiger partial charge in [0, 0.05) is 12.2 Å². The van der Waals surface area contributed by atoms with E-state index in [2.05, 4.69) is 15.0 Å². The van der Waals surface area contributed by atoms with Crippen LogP contribution in [0.25, 0.3) is 4.95 Å². The number of rotatable bonds is 4. The monoisotopic (exact) mass is 340 g/mol. The molecule has 0 saturated heterocycles. The first kappa shape index (κ1) is 16.7. The lowest BCUT2D eigenvalue weighted by Gasteiger charge is -2.16. The van der Waals surface area contributed by atoms with Gasteiger partial charge in [-0.2, -0.15) is 16.8 Å². The number of benzene rings is 2. The van der Waals surface area contributed by atoms with Crippen LogP contribution in [0.1, 0.15) is 0 Å². The second-order valence-electron chi connectivity index (χ2n) is 5.03. The minimum Gasteiger partial charge on any atom is -0.455 e. The molecule has 6 heteroatoms. The van der Waals surface area contributed by atoms with Crippen molar-refractivity contribution in [3.05, 3.63) is 95.9 Å². The molecule has 3 rings (SSSR count). The Morgan fingerprint density at radius 1 is 0.808 bits per heavy atom. The van der Waals surface area contributed by atoms with E-state index in [1.165, 1.54) is 12.2 Å². The van der Waals surface area contributed by atoms with Gasteiger partial charge in [0.25, 0.3) is 0 Å². The van der Waals surface area contributed by atoms with Crippen molar-refractivity contribution < 1.29 is 9.47 Å². The summed E-state index contributed by atoms with van der Waals surface area (Å²) in [5, 5.41) is 12.7. The molecule has 0 atom stereocenters. The maximum atomic E-state index is 8.98. The molecule has 0 fully saturated rings. The molecule has 2 aromatic rings. The molecule has 0 amide bonds. The summed E-state index contributed by atoms with van der Waals surface area (Å²) in [6.45, 7) is 7.03. The van der Waals surface area contributed by atoms with Crippen LogP contribution in [0.2, 0.25) is 0 Å². The predicted molar refractivity (Wildman–Crippen MR) is 97.4 cm³/mol. The van der Waals surface area contributed by atoms with Crippen LogP contribution in [0, 0.1) is 18.0 Å². The van der Waals surface area contributed by atoms with Crippen molar-refractivity contribution in [2.24, 2.45) is 10.1 Å². The standard InChI is InChI=1S/C20H12N4O2/c1-22-24-18-13-19(25-15-8-4-2-5-9-15)17(23-14-21)12-20(18)26-16-10-6-3-7-11-16/h2-13H/b23-17?,24-18-. The Balaban J connectivity index is 1.96. The summed E-state index contributed by atoms with van der Waals surface area (Å²) >= 11 is 0. The Bertz CT molecular complexity index is 908. The van der Waals surface area contributed by atoms with E-state index in [1.54, 1.807) is 30.5 Å². The third-order valence-electron chi connectivity index (χ3n) is 3.31. The van der Waals surface area contributed by atoms with Crippen LogP contribution in [0.15, 0.2) is 94.4 Å². The Labute approximate surface area is 150 Å². The normalized spacial score (nSPS) is 16.2. The summed E-state index contributed by atoms with van der Waals surface area (Å²) in [4.78, 5) is 6.86. The second kappa shape index (κ2) is 8.09. The van der Waals surface area contributed by atoms with Crippen LogP contribution >= 0.6 is 0 Å². The molecule has 0 heterocycles. The maximum Gasteiger partial charge on any atom is 0.206 e. The summed E-state index contributed by atoms with van der Waals surface area (Å²) in [5.41, 5.74) is 0.567. The predicted octanol–water partition coefficient (Wildman–Crippen LogP) is 4.12. The average molecular weight is 340 g/mol. The zero-order valence-electron chi connectivity index (χ0n) is 13.5. The number of hydrogen-bond acceptors (Lipinski definition) is 5. The highest BCUT2D eigenvalue weighted by atomic mass is 16.5. The minimum absolute atomic E-state index is 0.284. The summed E-state index contributed by atoms with van der Waals surface area (Å²) < 4.78 is 11.6. The largest absolute Gasteiger partial charge is 0.455 e. The lowest BCUT2D eigenvalue weighted by molar-refractivity contribution is 0.442. The molecular formula is C20H12N4O2. The van der Waals surface area contributed by atoms with Gasteiger partial charge in [-0.05, 0) is 24.3 Å². The van der Waals surface area contributed by atoms with Crippen molar-refractivity contribution in [1.82, 2.24) is 0 Å². The van der Waals surface area contributed by atoms with Crippen LogP contribution in [-0.4, -0.2) is 11.4 Å². The van der Waals surface area contributed by atoms with Crippen molar-refractivity contribution in [3.8, 4) is 17.7 Å². The Hall–Kier alpha value is -4.16. The van der Waals surface area contributed by atoms with Gasteiger partial charge in [-0.1, -0.05) is 36.4 Å². The fraction of sp³-hybridized carbons (Fsp3) is 0. The lowest BCUT2D eigenvalue weighted by atomic mass is 10.1. The van der Waals surface area contributed by atoms with Gasteiger partial charge in [0.2, 0.25) is 6.19 Å². The topological polar surface area (TPSA) is 71.3 Å². The summed E-state index contributed by atoms with van der Waals surface area (Å²) in [6.07, 6.45) is 4.80. The Morgan fingerprint density at radius 3 is 1.81 bits per heavy atom. The summed E-state index contributed by atoms with van der Waals surface area (Å²) in [6, 6.07) is 18.1. The van der Waals surface area contributed by atoms with Crippen LogP contribution < -0.4 is 9.47 Å². The molecule has 124 valence electrons. The minimum atomic E-state index is 0.284. The molecule has 0 aliphatic heterocycles. The van der Waals surface area contributed by atoms with Gasteiger partial charge in [0.05, 0.1) is 5.10 Å². The molecule has 0 radical (unpaired) electrons. The first-order chi connectivity index (χ1) is 12.8. The number of hydrogen-bond donors (Lipinski definition) is 0. The molecule has 0 spiro atoms. The molecule has 0 N–H and O–H groups in total. The third-order valence-corrected chi connectivity index (χ3v) is 3.31. The lowest BCUT2D eigenvalue weighted by Crippen LogP contribution is -2.20.